The molecule has 1 aliphatic heterocycles. The number of hydrogen-bond donors (Lipinski definition) is 1. The molecule has 2 aromatic carbocycles. The summed E-state index contributed by atoms with van der Waals surface area (Å²) in [6, 6.07) is 10.7. The van der Waals surface area contributed by atoms with E-state index in [0.717, 1.165) is 42.6 Å². The van der Waals surface area contributed by atoms with Crippen molar-refractivity contribution in [2.75, 3.05) is 10.2 Å². The largest absolute Gasteiger partial charge is 0.378 e. The highest BCUT2D eigenvalue weighted by molar-refractivity contribution is 5.97. The predicted octanol–water partition coefficient (Wildman–Crippen LogP) is 5.43. The molecule has 2 aromatic rings. The fourth-order valence-electron chi connectivity index (χ4n) is 4.42. The summed E-state index contributed by atoms with van der Waals surface area (Å²) in [7, 11) is 0. The molecule has 27 heavy (non-hydrogen) atoms. The number of nitrogens with zero attached hydrogens (tertiary/aromatic N) is 1. The van der Waals surface area contributed by atoms with Gasteiger partial charge in [-0.2, -0.15) is 0 Å². The Morgan fingerprint density at radius 3 is 2.41 bits per heavy atom. The number of carbonyl (C=O) groups is 1. The van der Waals surface area contributed by atoms with Crippen LogP contribution in [0, 0.1) is 17.6 Å². The summed E-state index contributed by atoms with van der Waals surface area (Å²) in [5.74, 6) is -0.375. The van der Waals surface area contributed by atoms with Crippen LogP contribution < -0.4 is 10.2 Å². The smallest absolute Gasteiger partial charge is 0.230 e. The highest BCUT2D eigenvalue weighted by atomic mass is 19.1. The number of nitrogens with one attached hydrogen (secondary N) is 1. The molecule has 2 atom stereocenters. The van der Waals surface area contributed by atoms with E-state index in [2.05, 4.69) is 5.32 Å². The molecule has 2 aliphatic rings. The van der Waals surface area contributed by atoms with E-state index in [1.54, 1.807) is 18.2 Å². The predicted molar refractivity (Wildman–Crippen MR) is 103 cm³/mol. The lowest BCUT2D eigenvalue weighted by Crippen LogP contribution is -2.46. The second kappa shape index (κ2) is 7.29. The summed E-state index contributed by atoms with van der Waals surface area (Å²) in [4.78, 5) is 15.0. The number of benzene rings is 2. The van der Waals surface area contributed by atoms with E-state index in [9.17, 15) is 13.6 Å². The zero-order chi connectivity index (χ0) is 19.0. The Bertz CT molecular complexity index is 831. The van der Waals surface area contributed by atoms with Gasteiger partial charge in [-0.3, -0.25) is 4.79 Å². The zero-order valence-corrected chi connectivity index (χ0v) is 15.4. The molecule has 0 saturated heterocycles. The summed E-state index contributed by atoms with van der Waals surface area (Å²) in [5, 5.41) is 3.38. The molecule has 1 heterocycles. The molecule has 1 saturated carbocycles. The van der Waals surface area contributed by atoms with Crippen molar-refractivity contribution >= 4 is 17.3 Å². The van der Waals surface area contributed by atoms with Crippen molar-refractivity contribution in [3.8, 4) is 0 Å². The zero-order valence-electron chi connectivity index (χ0n) is 15.4. The lowest BCUT2D eigenvalue weighted by Gasteiger charge is -2.41. The summed E-state index contributed by atoms with van der Waals surface area (Å²) in [6.45, 7) is 2.04. The third-order valence-electron chi connectivity index (χ3n) is 5.77. The maximum atomic E-state index is 14.0. The van der Waals surface area contributed by atoms with Gasteiger partial charge in [0.15, 0.2) is 0 Å². The van der Waals surface area contributed by atoms with Gasteiger partial charge in [-0.1, -0.05) is 12.8 Å². The highest BCUT2D eigenvalue weighted by Crippen LogP contribution is 2.41. The maximum absolute atomic E-state index is 14.0. The minimum absolute atomic E-state index is 0.00834. The van der Waals surface area contributed by atoms with Crippen molar-refractivity contribution in [2.45, 2.75) is 51.1 Å². The standard InChI is InChI=1S/C22H24F2N2O/c1-14-12-20(25-18-9-6-16(23)7-10-18)19-13-17(24)8-11-21(19)26(14)22(27)15-4-2-3-5-15/h6-11,13-15,20,25H,2-5,12H2,1H3/t14-,20+/m1/s1. The molecule has 0 unspecified atom stereocenters. The Hall–Kier alpha value is -2.43. The van der Waals surface area contributed by atoms with Gasteiger partial charge in [-0.05, 0) is 68.7 Å². The highest BCUT2D eigenvalue weighted by Gasteiger charge is 2.37. The van der Waals surface area contributed by atoms with E-state index in [0.29, 0.717) is 6.42 Å². The van der Waals surface area contributed by atoms with Gasteiger partial charge in [0.25, 0.3) is 0 Å². The van der Waals surface area contributed by atoms with Crippen molar-refractivity contribution in [1.82, 2.24) is 0 Å². The lowest BCUT2D eigenvalue weighted by molar-refractivity contribution is -0.122. The fraction of sp³-hybridized carbons (Fsp3) is 0.409. The number of amides is 1. The van der Waals surface area contributed by atoms with Crippen LogP contribution in [-0.2, 0) is 4.79 Å². The number of carbonyl (C=O) groups excluding carboxylic acids is 1. The van der Waals surface area contributed by atoms with E-state index < -0.39 is 0 Å². The number of rotatable bonds is 3. The van der Waals surface area contributed by atoms with Gasteiger partial charge in [0.05, 0.1) is 6.04 Å². The molecule has 0 bridgehead atoms. The van der Waals surface area contributed by atoms with E-state index in [4.69, 9.17) is 0 Å². The molecule has 5 heteroatoms. The third kappa shape index (κ3) is 3.55. The maximum Gasteiger partial charge on any atom is 0.230 e. The lowest BCUT2D eigenvalue weighted by atomic mass is 9.90. The first-order valence-corrected chi connectivity index (χ1v) is 9.67. The average Bonchev–Trinajstić information content (AvgIpc) is 3.18. The van der Waals surface area contributed by atoms with Crippen LogP contribution >= 0.6 is 0 Å². The SMILES string of the molecule is C[C@@H]1C[C@H](Nc2ccc(F)cc2)c2cc(F)ccc2N1C(=O)C1CCCC1. The van der Waals surface area contributed by atoms with E-state index in [1.807, 2.05) is 11.8 Å². The van der Waals surface area contributed by atoms with Crippen LogP contribution in [0.5, 0.6) is 0 Å². The molecule has 0 radical (unpaired) electrons. The normalized spacial score (nSPS) is 22.6. The van der Waals surface area contributed by atoms with Crippen molar-refractivity contribution < 1.29 is 13.6 Å². The summed E-state index contributed by atoms with van der Waals surface area (Å²) in [5.41, 5.74) is 2.34. The quantitative estimate of drug-likeness (QED) is 0.781. The van der Waals surface area contributed by atoms with Crippen molar-refractivity contribution in [3.63, 3.8) is 0 Å². The first kappa shape index (κ1) is 18.0. The Morgan fingerprint density at radius 1 is 1.04 bits per heavy atom. The van der Waals surface area contributed by atoms with Gasteiger partial charge in [0, 0.05) is 28.9 Å². The van der Waals surface area contributed by atoms with Gasteiger partial charge < -0.3 is 10.2 Å². The van der Waals surface area contributed by atoms with E-state index in [-0.39, 0.29) is 35.5 Å². The fourth-order valence-corrected chi connectivity index (χ4v) is 4.42. The van der Waals surface area contributed by atoms with Gasteiger partial charge in [-0.25, -0.2) is 8.78 Å². The summed E-state index contributed by atoms with van der Waals surface area (Å²) < 4.78 is 27.2. The van der Waals surface area contributed by atoms with Crippen molar-refractivity contribution in [3.05, 3.63) is 59.7 Å². The molecule has 0 aromatic heterocycles. The number of hydrogen-bond acceptors (Lipinski definition) is 2. The second-order valence-electron chi connectivity index (χ2n) is 7.68. The first-order valence-electron chi connectivity index (χ1n) is 9.67. The van der Waals surface area contributed by atoms with Gasteiger partial charge in [0.1, 0.15) is 11.6 Å². The molecule has 3 nitrogen and oxygen atoms in total. The van der Waals surface area contributed by atoms with Gasteiger partial charge >= 0.3 is 0 Å². The molecule has 1 aliphatic carbocycles. The average molecular weight is 370 g/mol. The van der Waals surface area contributed by atoms with Crippen molar-refractivity contribution in [1.29, 1.82) is 0 Å². The number of anilines is 2. The monoisotopic (exact) mass is 370 g/mol. The summed E-state index contributed by atoms with van der Waals surface area (Å²) >= 11 is 0. The Labute approximate surface area is 158 Å². The molecule has 1 fully saturated rings. The summed E-state index contributed by atoms with van der Waals surface area (Å²) in [6.07, 6.45) is 4.76. The number of fused-ring (bicyclic) bond motifs is 1. The minimum atomic E-state index is -0.317. The van der Waals surface area contributed by atoms with Crippen LogP contribution in [0.15, 0.2) is 42.5 Å². The molecular formula is C22H24F2N2O. The molecule has 1 N–H and O–H groups in total. The van der Waals surface area contributed by atoms with E-state index >= 15 is 0 Å². The van der Waals surface area contributed by atoms with Crippen LogP contribution in [0.3, 0.4) is 0 Å². The molecule has 142 valence electrons. The Morgan fingerprint density at radius 2 is 1.70 bits per heavy atom. The van der Waals surface area contributed by atoms with Crippen LogP contribution in [0.25, 0.3) is 0 Å². The van der Waals surface area contributed by atoms with Crippen LogP contribution in [0.2, 0.25) is 0 Å². The molecule has 1 amide bonds. The Balaban J connectivity index is 1.67. The topological polar surface area (TPSA) is 32.3 Å². The molecule has 0 spiro atoms. The van der Waals surface area contributed by atoms with Crippen LogP contribution in [0.4, 0.5) is 20.2 Å². The first-order chi connectivity index (χ1) is 13.0. The van der Waals surface area contributed by atoms with Crippen LogP contribution in [0.1, 0.15) is 50.6 Å². The molecular weight excluding hydrogens is 346 g/mol. The third-order valence-corrected chi connectivity index (χ3v) is 5.77. The van der Waals surface area contributed by atoms with E-state index in [1.165, 1.54) is 24.3 Å². The Kier molecular flexibility index (Phi) is 4.85. The number of halogens is 2. The van der Waals surface area contributed by atoms with Gasteiger partial charge in [0.2, 0.25) is 5.91 Å². The second-order valence-corrected chi connectivity index (χ2v) is 7.68. The van der Waals surface area contributed by atoms with Crippen LogP contribution in [-0.4, -0.2) is 11.9 Å². The molecule has 4 rings (SSSR count). The minimum Gasteiger partial charge on any atom is -0.378 e. The van der Waals surface area contributed by atoms with Gasteiger partial charge in [-0.15, -0.1) is 0 Å². The van der Waals surface area contributed by atoms with Crippen molar-refractivity contribution in [2.24, 2.45) is 5.92 Å².